The van der Waals surface area contributed by atoms with Crippen molar-refractivity contribution in [3.05, 3.63) is 79.8 Å². The maximum Gasteiger partial charge on any atom is 0.317 e. The summed E-state index contributed by atoms with van der Waals surface area (Å²) in [5.41, 5.74) is 11.8. The molecule has 0 saturated heterocycles. The molecule has 2 heterocycles. The molecule has 0 radical (unpaired) electrons. The van der Waals surface area contributed by atoms with Gasteiger partial charge in [0.05, 0.1) is 34.6 Å². The minimum Gasteiger partial charge on any atom is -0.494 e. The van der Waals surface area contributed by atoms with E-state index in [0.29, 0.717) is 62.9 Å². The van der Waals surface area contributed by atoms with E-state index in [-0.39, 0.29) is 54.4 Å². The first-order valence-electron chi connectivity index (χ1n) is 17.1. The molecule has 4 aromatic rings. The molecule has 4 rings (SSSR count). The summed E-state index contributed by atoms with van der Waals surface area (Å²) in [6.07, 6.45) is 5.88. The first-order chi connectivity index (χ1) is 26.0. The van der Waals surface area contributed by atoms with Gasteiger partial charge in [-0.3, -0.25) is 24.5 Å². The van der Waals surface area contributed by atoms with E-state index in [9.17, 15) is 24.5 Å². The average Bonchev–Trinajstić information content (AvgIpc) is 3.69. The molecule has 17 nitrogen and oxygen atoms in total. The fraction of sp³-hybridized carbons (Fsp3) is 0.405. The predicted octanol–water partition coefficient (Wildman–Crippen LogP) is 5.19. The molecule has 2 aromatic heterocycles. The second kappa shape index (κ2) is 21.7. The Kier molecular flexibility index (Phi) is 17.9. The van der Waals surface area contributed by atoms with Crippen LogP contribution in [0.4, 0.5) is 11.4 Å². The third-order valence-electron chi connectivity index (χ3n) is 7.39. The highest BCUT2D eigenvalue weighted by atomic mass is 32.1. The number of aromatic nitrogens is 2. The molecule has 298 valence electrons. The van der Waals surface area contributed by atoms with Crippen molar-refractivity contribution in [1.82, 2.24) is 9.55 Å². The van der Waals surface area contributed by atoms with Gasteiger partial charge in [0.2, 0.25) is 18.1 Å². The number of aryl methyl sites for hydroxylation is 3. The number of amides is 3. The molecule has 0 fully saturated rings. The minimum atomic E-state index is -0.636. The number of fused-ring (bicyclic) bond motifs is 1. The first-order valence-corrected chi connectivity index (χ1v) is 17.9. The number of benzene rings is 2. The van der Waals surface area contributed by atoms with E-state index in [1.807, 2.05) is 27.7 Å². The normalized spacial score (nSPS) is 11.3. The molecule has 0 bridgehead atoms. The van der Waals surface area contributed by atoms with Gasteiger partial charge < -0.3 is 44.8 Å². The number of anilines is 1. The molecular formula is C37H49N7O10S. The number of primary amides is 2. The van der Waals surface area contributed by atoms with Gasteiger partial charge in [0, 0.05) is 45.2 Å². The zero-order valence-electron chi connectivity index (χ0n) is 32.3. The van der Waals surface area contributed by atoms with Crippen LogP contribution in [0.25, 0.3) is 10.2 Å². The van der Waals surface area contributed by atoms with Crippen molar-refractivity contribution in [1.29, 1.82) is 0 Å². The number of hydrogen-bond donors (Lipinski definition) is 3. The molecular weight excluding hydrogens is 735 g/mol. The number of carbonyl (C=O) groups excluding carboxylic acids is 4. The Morgan fingerprint density at radius 2 is 1.80 bits per heavy atom. The summed E-state index contributed by atoms with van der Waals surface area (Å²) in [6, 6.07) is 6.28. The quantitative estimate of drug-likeness (QED) is 0.0464. The van der Waals surface area contributed by atoms with Crippen LogP contribution in [-0.4, -0.2) is 72.0 Å². The number of nitro groups is 1. The van der Waals surface area contributed by atoms with E-state index in [1.165, 1.54) is 30.6 Å². The standard InChI is InChI=1S/C31H34N6O8S.C5H12O.CH3NO/c1-5-21-28(45-19(3)34-21)30(40)35-31-36(27-24(43-4)16-20(29(32)39)17-25(27)46-31)11-7-6-10-33-26-22(37(41)42)14-18(2)15-23(26)44-13-9-8-12-38;1-5(2,3)6-4;2-1-3/h6-7,12,14-17,33H,5,8-11,13H2,1-4H3,(H2,32,39);1-4H3;1H,(H2,2,3)/b7-6+,35-31?;;. The maximum atomic E-state index is 13.2. The Hall–Kier alpha value is -5.88. The molecule has 3 amide bonds. The second-order valence-electron chi connectivity index (χ2n) is 12.5. The second-order valence-corrected chi connectivity index (χ2v) is 13.5. The van der Waals surface area contributed by atoms with E-state index in [4.69, 9.17) is 29.2 Å². The summed E-state index contributed by atoms with van der Waals surface area (Å²) in [5.74, 6) is -0.164. The summed E-state index contributed by atoms with van der Waals surface area (Å²) in [5, 5.41) is 14.9. The number of methoxy groups -OCH3 is 2. The Morgan fingerprint density at radius 3 is 2.36 bits per heavy atom. The van der Waals surface area contributed by atoms with Gasteiger partial charge in [0.1, 0.15) is 23.3 Å². The van der Waals surface area contributed by atoms with Gasteiger partial charge in [0.25, 0.3) is 5.69 Å². The Morgan fingerprint density at radius 1 is 1.13 bits per heavy atom. The zero-order valence-corrected chi connectivity index (χ0v) is 33.1. The number of aldehydes is 1. The lowest BCUT2D eigenvalue weighted by Gasteiger charge is -2.14. The summed E-state index contributed by atoms with van der Waals surface area (Å²) >= 11 is 1.17. The molecule has 0 spiro atoms. The van der Waals surface area contributed by atoms with Crippen LogP contribution in [0, 0.1) is 24.0 Å². The third-order valence-corrected chi connectivity index (χ3v) is 8.41. The van der Waals surface area contributed by atoms with Crippen LogP contribution in [0.3, 0.4) is 0 Å². The highest BCUT2D eigenvalue weighted by Crippen LogP contribution is 2.36. The van der Waals surface area contributed by atoms with Crippen molar-refractivity contribution >= 4 is 57.4 Å². The Balaban J connectivity index is 0.00000104. The number of ether oxygens (including phenoxy) is 3. The lowest BCUT2D eigenvalue weighted by molar-refractivity contribution is -0.384. The predicted molar refractivity (Wildman–Crippen MR) is 209 cm³/mol. The van der Waals surface area contributed by atoms with Crippen molar-refractivity contribution in [2.24, 2.45) is 16.5 Å². The van der Waals surface area contributed by atoms with E-state index < -0.39 is 16.7 Å². The molecule has 18 heteroatoms. The molecule has 2 aromatic carbocycles. The molecule has 0 aliphatic rings. The number of allylic oxidation sites excluding steroid dienone is 1. The van der Waals surface area contributed by atoms with E-state index in [0.717, 1.165) is 6.29 Å². The lowest BCUT2D eigenvalue weighted by Crippen LogP contribution is -2.17. The van der Waals surface area contributed by atoms with Gasteiger partial charge in [-0.1, -0.05) is 30.4 Å². The third kappa shape index (κ3) is 13.5. The van der Waals surface area contributed by atoms with Crippen LogP contribution in [0.2, 0.25) is 0 Å². The molecule has 0 atom stereocenters. The van der Waals surface area contributed by atoms with Gasteiger partial charge in [-0.15, -0.1) is 0 Å². The lowest BCUT2D eigenvalue weighted by atomic mass is 10.1. The highest BCUT2D eigenvalue weighted by Gasteiger charge is 2.21. The van der Waals surface area contributed by atoms with Crippen molar-refractivity contribution < 1.29 is 42.7 Å². The number of rotatable bonds is 15. The molecule has 55 heavy (non-hydrogen) atoms. The number of nitro benzene ring substituents is 1. The largest absolute Gasteiger partial charge is 0.494 e. The fourth-order valence-electron chi connectivity index (χ4n) is 4.68. The fourth-order valence-corrected chi connectivity index (χ4v) is 5.78. The summed E-state index contributed by atoms with van der Waals surface area (Å²) in [6.45, 7) is 12.0. The molecule has 0 unspecified atom stereocenters. The van der Waals surface area contributed by atoms with Crippen LogP contribution in [0.5, 0.6) is 11.5 Å². The molecule has 5 N–H and O–H groups in total. The van der Waals surface area contributed by atoms with E-state index in [1.54, 1.807) is 49.8 Å². The van der Waals surface area contributed by atoms with Gasteiger partial charge in [-0.2, -0.15) is 4.99 Å². The van der Waals surface area contributed by atoms with E-state index >= 15 is 0 Å². The van der Waals surface area contributed by atoms with Crippen LogP contribution >= 0.6 is 11.3 Å². The van der Waals surface area contributed by atoms with Crippen LogP contribution < -0.4 is 31.1 Å². The van der Waals surface area contributed by atoms with Gasteiger partial charge >= 0.3 is 5.91 Å². The van der Waals surface area contributed by atoms with Gasteiger partial charge in [-0.05, 0) is 64.3 Å². The number of unbranched alkanes of at least 4 members (excludes halogenated alkanes) is 1. The van der Waals surface area contributed by atoms with Crippen LogP contribution in [0.15, 0.2) is 45.8 Å². The monoisotopic (exact) mass is 783 g/mol. The number of thiazole rings is 1. The molecule has 0 aliphatic carbocycles. The van der Waals surface area contributed by atoms with Crippen LogP contribution in [0.1, 0.15) is 78.6 Å². The van der Waals surface area contributed by atoms with Crippen molar-refractivity contribution in [3.8, 4) is 11.5 Å². The van der Waals surface area contributed by atoms with Gasteiger partial charge in [-0.25, -0.2) is 4.98 Å². The minimum absolute atomic E-state index is 0.0417. The molecule has 0 aliphatic heterocycles. The number of oxazole rings is 1. The summed E-state index contributed by atoms with van der Waals surface area (Å²) in [4.78, 5) is 64.7. The summed E-state index contributed by atoms with van der Waals surface area (Å²) < 4.78 is 24.2. The Labute approximate surface area is 322 Å². The topological polar surface area (TPSA) is 246 Å². The molecule has 0 saturated carbocycles. The number of nitrogens with one attached hydrogen (secondary N) is 1. The van der Waals surface area contributed by atoms with Crippen LogP contribution in [-0.2, 0) is 27.3 Å². The number of hydrogen-bond acceptors (Lipinski definition) is 13. The Bertz CT molecular complexity index is 2060. The first kappa shape index (κ1) is 45.3. The zero-order chi connectivity index (χ0) is 41.3. The van der Waals surface area contributed by atoms with Crippen molar-refractivity contribution in [2.45, 2.75) is 73.0 Å². The number of nitrogens with zero attached hydrogens (tertiary/aromatic N) is 4. The van der Waals surface area contributed by atoms with Crippen molar-refractivity contribution in [3.63, 3.8) is 0 Å². The number of nitrogens with two attached hydrogens (primary N) is 2. The van der Waals surface area contributed by atoms with E-state index in [2.05, 4.69) is 21.0 Å². The van der Waals surface area contributed by atoms with Crippen molar-refractivity contribution in [2.75, 3.05) is 32.7 Å². The maximum absolute atomic E-state index is 13.2. The highest BCUT2D eigenvalue weighted by molar-refractivity contribution is 7.16. The smallest absolute Gasteiger partial charge is 0.317 e. The summed E-state index contributed by atoms with van der Waals surface area (Å²) in [7, 11) is 3.17. The average molecular weight is 784 g/mol. The van der Waals surface area contributed by atoms with Gasteiger partial charge in [0.15, 0.2) is 16.4 Å². The number of carbonyl (C=O) groups is 4. The SMILES string of the molecule is CCc1nc(C)oc1C(=O)N=c1sc2cc(C(N)=O)cc(OC)c2n1C/C=C/CNc1c(OCCCC=O)cc(C)cc1[N+](=O)[O-].COC(C)(C)C.NC=O.